The topological polar surface area (TPSA) is 51.5 Å². The van der Waals surface area contributed by atoms with Crippen LogP contribution in [0, 0.1) is 0 Å². The fourth-order valence-corrected chi connectivity index (χ4v) is 2.43. The summed E-state index contributed by atoms with van der Waals surface area (Å²) in [5, 5.41) is 3.55. The summed E-state index contributed by atoms with van der Waals surface area (Å²) < 4.78 is 10.9. The van der Waals surface area contributed by atoms with Crippen molar-refractivity contribution in [3.63, 3.8) is 0 Å². The monoisotopic (exact) mass is 341 g/mol. The third-order valence-corrected chi connectivity index (χ3v) is 3.70. The van der Waals surface area contributed by atoms with Gasteiger partial charge in [0.1, 0.15) is 17.6 Å². The molecule has 0 spiro atoms. The van der Waals surface area contributed by atoms with Crippen LogP contribution < -0.4 is 10.1 Å². The summed E-state index contributed by atoms with van der Waals surface area (Å²) in [6, 6.07) is 19.8. The summed E-state index contributed by atoms with van der Waals surface area (Å²) >= 11 is 5.82. The fourth-order valence-electron chi connectivity index (χ4n) is 2.30. The van der Waals surface area contributed by atoms with Gasteiger partial charge >= 0.3 is 0 Å². The van der Waals surface area contributed by atoms with Crippen LogP contribution in [-0.2, 0) is 4.79 Å². The number of carbonyl (C=O) groups is 1. The van der Waals surface area contributed by atoms with Gasteiger partial charge in [0, 0.05) is 5.02 Å². The zero-order chi connectivity index (χ0) is 16.8. The number of rotatable bonds is 6. The van der Waals surface area contributed by atoms with Crippen LogP contribution >= 0.6 is 11.6 Å². The molecule has 122 valence electrons. The van der Waals surface area contributed by atoms with E-state index in [9.17, 15) is 4.79 Å². The van der Waals surface area contributed by atoms with Crippen LogP contribution in [0.5, 0.6) is 5.75 Å². The van der Waals surface area contributed by atoms with E-state index in [2.05, 4.69) is 5.32 Å². The molecule has 2 aromatic carbocycles. The molecule has 1 heterocycles. The maximum absolute atomic E-state index is 12.3. The van der Waals surface area contributed by atoms with Gasteiger partial charge in [0.25, 0.3) is 5.91 Å². The van der Waals surface area contributed by atoms with Crippen molar-refractivity contribution in [2.24, 2.45) is 0 Å². The van der Waals surface area contributed by atoms with Crippen LogP contribution in [0.25, 0.3) is 0 Å². The first kappa shape index (κ1) is 16.1. The zero-order valence-corrected chi connectivity index (χ0v) is 13.6. The van der Waals surface area contributed by atoms with Gasteiger partial charge in [0.15, 0.2) is 6.61 Å². The molecular formula is C19H16ClNO3. The Labute approximate surface area is 145 Å². The van der Waals surface area contributed by atoms with Crippen molar-refractivity contribution in [3.05, 3.63) is 89.3 Å². The molecule has 3 aromatic rings. The first-order chi connectivity index (χ1) is 11.7. The number of carbonyl (C=O) groups excluding carboxylic acids is 1. The van der Waals surface area contributed by atoms with E-state index in [4.69, 9.17) is 20.8 Å². The van der Waals surface area contributed by atoms with Crippen molar-refractivity contribution in [1.29, 1.82) is 0 Å². The minimum atomic E-state index is -0.359. The van der Waals surface area contributed by atoms with Crippen molar-refractivity contribution in [1.82, 2.24) is 5.32 Å². The molecule has 1 N–H and O–H groups in total. The predicted molar refractivity (Wildman–Crippen MR) is 92.1 cm³/mol. The molecule has 1 atom stereocenters. The smallest absolute Gasteiger partial charge is 0.258 e. The molecule has 1 amide bonds. The SMILES string of the molecule is O=C(COc1ccc(Cl)cc1)N[C@H](c1ccccc1)c1ccco1. The molecule has 0 unspecified atom stereocenters. The minimum Gasteiger partial charge on any atom is -0.484 e. The Balaban J connectivity index is 1.66. The van der Waals surface area contributed by atoms with E-state index in [0.717, 1.165) is 5.56 Å². The minimum absolute atomic E-state index is 0.0916. The van der Waals surface area contributed by atoms with Gasteiger partial charge in [-0.15, -0.1) is 0 Å². The lowest BCUT2D eigenvalue weighted by Gasteiger charge is -2.17. The highest BCUT2D eigenvalue weighted by molar-refractivity contribution is 6.30. The van der Waals surface area contributed by atoms with Crippen LogP contribution in [-0.4, -0.2) is 12.5 Å². The number of hydrogen-bond donors (Lipinski definition) is 1. The average Bonchev–Trinajstić information content (AvgIpc) is 3.14. The van der Waals surface area contributed by atoms with Crippen molar-refractivity contribution in [3.8, 4) is 5.75 Å². The first-order valence-corrected chi connectivity index (χ1v) is 7.86. The van der Waals surface area contributed by atoms with Crippen molar-refractivity contribution in [2.45, 2.75) is 6.04 Å². The number of hydrogen-bond acceptors (Lipinski definition) is 3. The maximum Gasteiger partial charge on any atom is 0.258 e. The molecule has 0 aliphatic heterocycles. The molecule has 0 radical (unpaired) electrons. The highest BCUT2D eigenvalue weighted by Gasteiger charge is 2.19. The summed E-state index contributed by atoms with van der Waals surface area (Å²) in [5.41, 5.74) is 0.937. The molecule has 4 nitrogen and oxygen atoms in total. The quantitative estimate of drug-likeness (QED) is 0.730. The van der Waals surface area contributed by atoms with Gasteiger partial charge < -0.3 is 14.5 Å². The predicted octanol–water partition coefficient (Wildman–Crippen LogP) is 4.22. The standard InChI is InChI=1S/C19H16ClNO3/c20-15-8-10-16(11-9-15)24-13-18(22)21-19(17-7-4-12-23-17)14-5-2-1-3-6-14/h1-12,19H,13H2,(H,21,22)/t19-/m1/s1. The van der Waals surface area contributed by atoms with E-state index in [1.54, 1.807) is 36.6 Å². The highest BCUT2D eigenvalue weighted by Crippen LogP contribution is 2.22. The molecule has 0 aliphatic carbocycles. The second-order valence-corrected chi connectivity index (χ2v) is 5.61. The van der Waals surface area contributed by atoms with Crippen LogP contribution in [0.15, 0.2) is 77.4 Å². The average molecular weight is 342 g/mol. The Morgan fingerprint density at radius 3 is 2.46 bits per heavy atom. The lowest BCUT2D eigenvalue weighted by Crippen LogP contribution is -2.33. The molecule has 5 heteroatoms. The van der Waals surface area contributed by atoms with E-state index < -0.39 is 0 Å². The van der Waals surface area contributed by atoms with Crippen LogP contribution in [0.2, 0.25) is 5.02 Å². The summed E-state index contributed by atoms with van der Waals surface area (Å²) in [6.07, 6.45) is 1.58. The molecule has 24 heavy (non-hydrogen) atoms. The Bertz CT molecular complexity index is 770. The van der Waals surface area contributed by atoms with Crippen molar-refractivity contribution in [2.75, 3.05) is 6.61 Å². The summed E-state index contributed by atoms with van der Waals surface area (Å²) in [4.78, 5) is 12.3. The third-order valence-electron chi connectivity index (χ3n) is 3.45. The third kappa shape index (κ3) is 4.18. The zero-order valence-electron chi connectivity index (χ0n) is 12.8. The maximum atomic E-state index is 12.3. The highest BCUT2D eigenvalue weighted by atomic mass is 35.5. The number of nitrogens with one attached hydrogen (secondary N) is 1. The van der Waals surface area contributed by atoms with Gasteiger partial charge in [-0.05, 0) is 42.0 Å². The molecule has 0 saturated carbocycles. The molecule has 1 aromatic heterocycles. The van der Waals surface area contributed by atoms with E-state index in [1.807, 2.05) is 36.4 Å². The van der Waals surface area contributed by atoms with Gasteiger partial charge in [-0.2, -0.15) is 0 Å². The second kappa shape index (κ2) is 7.70. The molecule has 0 bridgehead atoms. The number of halogens is 1. The van der Waals surface area contributed by atoms with Crippen LogP contribution in [0.1, 0.15) is 17.4 Å². The molecule has 3 rings (SSSR count). The number of amides is 1. The second-order valence-electron chi connectivity index (χ2n) is 5.17. The molecular weight excluding hydrogens is 326 g/mol. The van der Waals surface area contributed by atoms with Crippen molar-refractivity contribution < 1.29 is 13.9 Å². The Hall–Kier alpha value is -2.72. The lowest BCUT2D eigenvalue weighted by molar-refractivity contribution is -0.123. The summed E-state index contributed by atoms with van der Waals surface area (Å²) in [6.45, 7) is -0.0916. The number of ether oxygens (including phenoxy) is 1. The van der Waals surface area contributed by atoms with Gasteiger partial charge in [0.2, 0.25) is 0 Å². The Kier molecular flexibility index (Phi) is 5.18. The van der Waals surface area contributed by atoms with Crippen molar-refractivity contribution >= 4 is 17.5 Å². The fraction of sp³-hybridized carbons (Fsp3) is 0.105. The van der Waals surface area contributed by atoms with E-state index in [0.29, 0.717) is 16.5 Å². The van der Waals surface area contributed by atoms with E-state index in [1.165, 1.54) is 0 Å². The molecule has 0 fully saturated rings. The first-order valence-electron chi connectivity index (χ1n) is 7.48. The normalized spacial score (nSPS) is 11.7. The van der Waals surface area contributed by atoms with E-state index >= 15 is 0 Å². The van der Waals surface area contributed by atoms with Gasteiger partial charge in [-0.1, -0.05) is 41.9 Å². The number of furan rings is 1. The Morgan fingerprint density at radius 1 is 1.04 bits per heavy atom. The molecule has 0 aliphatic rings. The van der Waals surface area contributed by atoms with Crippen LogP contribution in [0.3, 0.4) is 0 Å². The summed E-state index contributed by atoms with van der Waals surface area (Å²) in [7, 11) is 0. The van der Waals surface area contributed by atoms with Crippen LogP contribution in [0.4, 0.5) is 0 Å². The Morgan fingerprint density at radius 2 is 1.79 bits per heavy atom. The number of benzene rings is 2. The summed E-state index contributed by atoms with van der Waals surface area (Å²) in [5.74, 6) is 1.01. The largest absolute Gasteiger partial charge is 0.484 e. The molecule has 0 saturated heterocycles. The van der Waals surface area contributed by atoms with Gasteiger partial charge in [0.05, 0.1) is 6.26 Å². The lowest BCUT2D eigenvalue weighted by atomic mass is 10.0. The van der Waals surface area contributed by atoms with Gasteiger partial charge in [-0.25, -0.2) is 0 Å². The van der Waals surface area contributed by atoms with E-state index in [-0.39, 0.29) is 18.6 Å². The van der Waals surface area contributed by atoms with Gasteiger partial charge in [-0.3, -0.25) is 4.79 Å².